The van der Waals surface area contributed by atoms with E-state index in [0.29, 0.717) is 18.1 Å². The molecule has 3 heteroatoms. The quantitative estimate of drug-likeness (QED) is 0.896. The zero-order chi connectivity index (χ0) is 13.4. The Kier molecular flexibility index (Phi) is 3.41. The van der Waals surface area contributed by atoms with Crippen molar-refractivity contribution >= 4 is 5.69 Å². The molecule has 20 heavy (non-hydrogen) atoms. The molecule has 1 aromatic carbocycles. The normalized spacial score (nSPS) is 33.3. The smallest absolute Gasteiger partial charge is 0.0730 e. The van der Waals surface area contributed by atoms with Crippen LogP contribution in [0.2, 0.25) is 0 Å². The lowest BCUT2D eigenvalue weighted by Crippen LogP contribution is -2.53. The Morgan fingerprint density at radius 1 is 1.20 bits per heavy atom. The van der Waals surface area contributed by atoms with Crippen molar-refractivity contribution in [3.8, 4) is 0 Å². The summed E-state index contributed by atoms with van der Waals surface area (Å²) < 4.78 is 5.99. The SMILES string of the molecule is c1ccc2c(c1)NCC2CN1CCOC2CCCCC21. The van der Waals surface area contributed by atoms with Crippen LogP contribution in [0, 0.1) is 0 Å². The monoisotopic (exact) mass is 272 g/mol. The molecular weight excluding hydrogens is 248 g/mol. The molecule has 1 saturated carbocycles. The van der Waals surface area contributed by atoms with Gasteiger partial charge < -0.3 is 10.1 Å². The number of fused-ring (bicyclic) bond motifs is 2. The Morgan fingerprint density at radius 2 is 2.10 bits per heavy atom. The van der Waals surface area contributed by atoms with Crippen molar-refractivity contribution in [3.63, 3.8) is 0 Å². The highest BCUT2D eigenvalue weighted by Gasteiger charge is 2.36. The van der Waals surface area contributed by atoms with Gasteiger partial charge in [-0.15, -0.1) is 0 Å². The van der Waals surface area contributed by atoms with Gasteiger partial charge in [0.15, 0.2) is 0 Å². The molecule has 2 fully saturated rings. The largest absolute Gasteiger partial charge is 0.384 e. The first-order valence-electron chi connectivity index (χ1n) is 8.10. The third-order valence-electron chi connectivity index (χ3n) is 5.24. The highest BCUT2D eigenvalue weighted by atomic mass is 16.5. The van der Waals surface area contributed by atoms with Gasteiger partial charge in [0, 0.05) is 37.3 Å². The van der Waals surface area contributed by atoms with Gasteiger partial charge in [0.2, 0.25) is 0 Å². The van der Waals surface area contributed by atoms with Crippen molar-refractivity contribution < 1.29 is 4.74 Å². The Balaban J connectivity index is 1.49. The molecule has 2 heterocycles. The standard InChI is InChI=1S/C17H24N2O/c1-2-6-15-14(5-1)13(11-18-15)12-19-9-10-20-17-8-4-3-7-16(17)19/h1-2,5-6,13,16-18H,3-4,7-12H2. The van der Waals surface area contributed by atoms with Crippen molar-refractivity contribution in [2.75, 3.05) is 31.6 Å². The maximum absolute atomic E-state index is 5.99. The highest BCUT2D eigenvalue weighted by Crippen LogP contribution is 2.34. The predicted octanol–water partition coefficient (Wildman–Crippen LogP) is 2.84. The van der Waals surface area contributed by atoms with Crippen LogP contribution in [0.3, 0.4) is 0 Å². The van der Waals surface area contributed by atoms with Crippen LogP contribution >= 0.6 is 0 Å². The maximum atomic E-state index is 5.99. The van der Waals surface area contributed by atoms with E-state index in [9.17, 15) is 0 Å². The van der Waals surface area contributed by atoms with Crippen molar-refractivity contribution in [1.82, 2.24) is 4.90 Å². The van der Waals surface area contributed by atoms with Crippen LogP contribution in [0.5, 0.6) is 0 Å². The summed E-state index contributed by atoms with van der Waals surface area (Å²) in [7, 11) is 0. The second-order valence-electron chi connectivity index (χ2n) is 6.42. The summed E-state index contributed by atoms with van der Waals surface area (Å²) in [4.78, 5) is 2.71. The fourth-order valence-corrected chi connectivity index (χ4v) is 4.21. The molecule has 0 amide bonds. The zero-order valence-corrected chi connectivity index (χ0v) is 12.1. The van der Waals surface area contributed by atoms with E-state index < -0.39 is 0 Å². The van der Waals surface area contributed by atoms with Gasteiger partial charge in [-0.25, -0.2) is 0 Å². The number of benzene rings is 1. The molecule has 108 valence electrons. The summed E-state index contributed by atoms with van der Waals surface area (Å²) in [5.41, 5.74) is 2.84. The summed E-state index contributed by atoms with van der Waals surface area (Å²) in [5, 5.41) is 3.55. The van der Waals surface area contributed by atoms with Crippen molar-refractivity contribution in [2.24, 2.45) is 0 Å². The van der Waals surface area contributed by atoms with Gasteiger partial charge in [-0.05, 0) is 24.5 Å². The van der Waals surface area contributed by atoms with Crippen LogP contribution < -0.4 is 5.32 Å². The van der Waals surface area contributed by atoms with Crippen LogP contribution in [0.4, 0.5) is 5.69 Å². The number of hydrogen-bond acceptors (Lipinski definition) is 3. The predicted molar refractivity (Wildman–Crippen MR) is 81.2 cm³/mol. The van der Waals surface area contributed by atoms with E-state index >= 15 is 0 Å². The topological polar surface area (TPSA) is 24.5 Å². The number of nitrogens with zero attached hydrogens (tertiary/aromatic N) is 1. The number of anilines is 1. The molecule has 1 aliphatic carbocycles. The molecular formula is C17H24N2O. The van der Waals surface area contributed by atoms with Gasteiger partial charge >= 0.3 is 0 Å². The minimum atomic E-state index is 0.502. The first-order chi connectivity index (χ1) is 9.92. The van der Waals surface area contributed by atoms with Crippen LogP contribution in [0.25, 0.3) is 0 Å². The van der Waals surface area contributed by atoms with Crippen molar-refractivity contribution in [3.05, 3.63) is 29.8 Å². The Labute approximate surface area is 121 Å². The second-order valence-corrected chi connectivity index (χ2v) is 6.42. The van der Waals surface area contributed by atoms with Gasteiger partial charge in [0.05, 0.1) is 12.7 Å². The first-order valence-corrected chi connectivity index (χ1v) is 8.10. The summed E-state index contributed by atoms with van der Waals surface area (Å²) in [6, 6.07) is 9.46. The van der Waals surface area contributed by atoms with E-state index in [4.69, 9.17) is 4.74 Å². The Hall–Kier alpha value is -1.06. The fourth-order valence-electron chi connectivity index (χ4n) is 4.21. The summed E-state index contributed by atoms with van der Waals surface area (Å²) in [5.74, 6) is 0.645. The third-order valence-corrected chi connectivity index (χ3v) is 5.24. The fraction of sp³-hybridized carbons (Fsp3) is 0.647. The van der Waals surface area contributed by atoms with E-state index in [2.05, 4.69) is 34.5 Å². The van der Waals surface area contributed by atoms with Gasteiger partial charge in [0.1, 0.15) is 0 Å². The summed E-state index contributed by atoms with van der Waals surface area (Å²) in [6.07, 6.45) is 5.82. The van der Waals surface area contributed by atoms with E-state index in [1.165, 1.54) is 43.5 Å². The van der Waals surface area contributed by atoms with Gasteiger partial charge in [-0.3, -0.25) is 4.90 Å². The molecule has 2 aliphatic heterocycles. The molecule has 1 aromatic rings. The number of morpholine rings is 1. The minimum Gasteiger partial charge on any atom is -0.384 e. The lowest BCUT2D eigenvalue weighted by atomic mass is 9.89. The number of para-hydroxylation sites is 1. The van der Waals surface area contributed by atoms with E-state index in [-0.39, 0.29) is 0 Å². The first kappa shape index (κ1) is 12.7. The number of hydrogen-bond donors (Lipinski definition) is 1. The molecule has 0 bridgehead atoms. The van der Waals surface area contributed by atoms with Crippen LogP contribution in [-0.2, 0) is 4.74 Å². The molecule has 4 rings (SSSR count). The molecule has 1 N–H and O–H groups in total. The number of ether oxygens (including phenoxy) is 1. The Bertz CT molecular complexity index is 474. The molecule has 0 aromatic heterocycles. The third kappa shape index (κ3) is 2.23. The maximum Gasteiger partial charge on any atom is 0.0730 e. The second kappa shape index (κ2) is 5.38. The number of rotatable bonds is 2. The van der Waals surface area contributed by atoms with E-state index in [0.717, 1.165) is 19.7 Å². The van der Waals surface area contributed by atoms with E-state index in [1.807, 2.05) is 0 Å². The average molecular weight is 272 g/mol. The lowest BCUT2D eigenvalue weighted by Gasteiger charge is -2.44. The molecule has 3 atom stereocenters. The van der Waals surface area contributed by atoms with Crippen LogP contribution in [0.1, 0.15) is 37.2 Å². The average Bonchev–Trinajstić information content (AvgIpc) is 2.91. The summed E-state index contributed by atoms with van der Waals surface area (Å²) >= 11 is 0. The molecule has 3 unspecified atom stereocenters. The lowest BCUT2D eigenvalue weighted by molar-refractivity contribution is -0.0891. The Morgan fingerprint density at radius 3 is 3.10 bits per heavy atom. The van der Waals surface area contributed by atoms with Crippen molar-refractivity contribution in [1.29, 1.82) is 0 Å². The zero-order valence-electron chi connectivity index (χ0n) is 12.1. The molecule has 3 aliphatic rings. The summed E-state index contributed by atoms with van der Waals surface area (Å²) in [6.45, 7) is 4.31. The molecule has 0 spiro atoms. The van der Waals surface area contributed by atoms with Gasteiger partial charge in [-0.2, -0.15) is 0 Å². The molecule has 1 saturated heterocycles. The van der Waals surface area contributed by atoms with Crippen molar-refractivity contribution in [2.45, 2.75) is 43.7 Å². The van der Waals surface area contributed by atoms with Gasteiger partial charge in [-0.1, -0.05) is 31.0 Å². The molecule has 0 radical (unpaired) electrons. The highest BCUT2D eigenvalue weighted by molar-refractivity contribution is 5.57. The van der Waals surface area contributed by atoms with E-state index in [1.54, 1.807) is 0 Å². The molecule has 3 nitrogen and oxygen atoms in total. The minimum absolute atomic E-state index is 0.502. The van der Waals surface area contributed by atoms with Gasteiger partial charge in [0.25, 0.3) is 0 Å². The van der Waals surface area contributed by atoms with Crippen LogP contribution in [-0.4, -0.2) is 43.3 Å². The van der Waals surface area contributed by atoms with Crippen LogP contribution in [0.15, 0.2) is 24.3 Å². The number of nitrogens with one attached hydrogen (secondary N) is 1.